The Morgan fingerprint density at radius 3 is 2.64 bits per heavy atom. The van der Waals surface area contributed by atoms with Crippen LogP contribution in [0.3, 0.4) is 0 Å². The number of hydrogen-bond acceptors (Lipinski definition) is 5. The van der Waals surface area contributed by atoms with Gasteiger partial charge in [-0.15, -0.1) is 0 Å². The average Bonchev–Trinajstić information content (AvgIpc) is 2.67. The third-order valence-corrected chi connectivity index (χ3v) is 4.53. The molecule has 0 aliphatic carbocycles. The third kappa shape index (κ3) is 4.33. The van der Waals surface area contributed by atoms with E-state index in [2.05, 4.69) is 32.2 Å². The highest BCUT2D eigenvalue weighted by Crippen LogP contribution is 2.22. The summed E-state index contributed by atoms with van der Waals surface area (Å²) in [6.45, 7) is 8.74. The van der Waals surface area contributed by atoms with E-state index in [0.29, 0.717) is 17.2 Å². The van der Waals surface area contributed by atoms with Gasteiger partial charge in [-0.2, -0.15) is 5.10 Å². The molecular weight excluding hydrogens is 317 g/mol. The van der Waals surface area contributed by atoms with Crippen molar-refractivity contribution in [1.29, 1.82) is 0 Å². The van der Waals surface area contributed by atoms with Crippen LogP contribution in [0.2, 0.25) is 0 Å². The van der Waals surface area contributed by atoms with Crippen LogP contribution in [-0.2, 0) is 0 Å². The van der Waals surface area contributed by atoms with Crippen LogP contribution in [0.1, 0.15) is 19.4 Å². The molecule has 1 aliphatic rings. The maximum absolute atomic E-state index is 14.6. The fourth-order valence-corrected chi connectivity index (χ4v) is 2.93. The molecule has 1 N–H and O–H groups in total. The number of benzene rings is 1. The van der Waals surface area contributed by atoms with Gasteiger partial charge in [-0.05, 0) is 37.7 Å². The van der Waals surface area contributed by atoms with Gasteiger partial charge in [-0.1, -0.05) is 19.1 Å². The summed E-state index contributed by atoms with van der Waals surface area (Å²) in [4.78, 5) is 8.64. The molecule has 5 nitrogen and oxygen atoms in total. The fraction of sp³-hybridized carbons (Fsp3) is 0.368. The second-order valence-corrected chi connectivity index (χ2v) is 6.11. The monoisotopic (exact) mass is 341 g/mol. The molecule has 2 heterocycles. The zero-order valence-corrected chi connectivity index (χ0v) is 14.7. The van der Waals surface area contributed by atoms with Gasteiger partial charge in [0.05, 0.1) is 11.4 Å². The predicted molar refractivity (Wildman–Crippen MR) is 101 cm³/mol. The van der Waals surface area contributed by atoms with Crippen LogP contribution in [0.15, 0.2) is 47.7 Å². The zero-order chi connectivity index (χ0) is 17.6. The number of hydrogen-bond donors (Lipinski definition) is 1. The van der Waals surface area contributed by atoms with Crippen LogP contribution in [0.4, 0.5) is 15.9 Å². The van der Waals surface area contributed by atoms with Crippen molar-refractivity contribution in [3.8, 4) is 0 Å². The highest BCUT2D eigenvalue weighted by molar-refractivity contribution is 5.99. The molecule has 0 radical (unpaired) electrons. The molecule has 1 aromatic carbocycles. The number of nitrogens with one attached hydrogen (secondary N) is 1. The van der Waals surface area contributed by atoms with Gasteiger partial charge in [0.2, 0.25) is 0 Å². The van der Waals surface area contributed by atoms with E-state index in [1.807, 2.05) is 37.3 Å². The summed E-state index contributed by atoms with van der Waals surface area (Å²) in [5, 5.41) is 4.29. The number of rotatable bonds is 5. The van der Waals surface area contributed by atoms with Crippen LogP contribution < -0.4 is 10.3 Å². The number of pyridine rings is 1. The minimum Gasteiger partial charge on any atom is -0.367 e. The Hall–Kier alpha value is -2.47. The SMILES string of the molecule is CCN1CCN(c2ccc(/C(C)=N\Nc3ccccn3)cc2F)CC1. The lowest BCUT2D eigenvalue weighted by Gasteiger charge is -2.35. The lowest BCUT2D eigenvalue weighted by molar-refractivity contribution is 0.270. The maximum Gasteiger partial charge on any atom is 0.147 e. The van der Waals surface area contributed by atoms with E-state index in [-0.39, 0.29) is 5.82 Å². The molecule has 6 heteroatoms. The van der Waals surface area contributed by atoms with Crippen LogP contribution in [0.5, 0.6) is 0 Å². The first-order valence-corrected chi connectivity index (χ1v) is 8.66. The molecule has 1 fully saturated rings. The van der Waals surface area contributed by atoms with Crippen LogP contribution in [-0.4, -0.2) is 48.3 Å². The summed E-state index contributed by atoms with van der Waals surface area (Å²) < 4.78 is 14.6. The molecule has 0 bridgehead atoms. The molecule has 1 aromatic heterocycles. The van der Waals surface area contributed by atoms with Gasteiger partial charge in [0.25, 0.3) is 0 Å². The Kier molecular flexibility index (Phi) is 5.60. The van der Waals surface area contributed by atoms with E-state index < -0.39 is 0 Å². The maximum atomic E-state index is 14.6. The number of aromatic nitrogens is 1. The Morgan fingerprint density at radius 1 is 1.20 bits per heavy atom. The lowest BCUT2D eigenvalue weighted by Crippen LogP contribution is -2.46. The van der Waals surface area contributed by atoms with Gasteiger partial charge >= 0.3 is 0 Å². The molecule has 0 unspecified atom stereocenters. The molecule has 3 rings (SSSR count). The summed E-state index contributed by atoms with van der Waals surface area (Å²) in [6, 6.07) is 10.9. The second-order valence-electron chi connectivity index (χ2n) is 6.11. The number of piperazine rings is 1. The van der Waals surface area contributed by atoms with Crippen molar-refractivity contribution in [1.82, 2.24) is 9.88 Å². The van der Waals surface area contributed by atoms with Crippen LogP contribution in [0.25, 0.3) is 0 Å². The molecule has 2 aromatic rings. The van der Waals surface area contributed by atoms with Gasteiger partial charge in [0, 0.05) is 37.9 Å². The number of nitrogens with zero attached hydrogens (tertiary/aromatic N) is 4. The van der Waals surface area contributed by atoms with E-state index in [9.17, 15) is 4.39 Å². The van der Waals surface area contributed by atoms with Crippen molar-refractivity contribution in [2.45, 2.75) is 13.8 Å². The summed E-state index contributed by atoms with van der Waals surface area (Å²) in [5.74, 6) is 0.461. The first-order chi connectivity index (χ1) is 12.2. The smallest absolute Gasteiger partial charge is 0.147 e. The normalized spacial score (nSPS) is 16.1. The number of anilines is 2. The Morgan fingerprint density at radius 2 is 2.00 bits per heavy atom. The predicted octanol–water partition coefficient (Wildman–Crippen LogP) is 3.20. The fourth-order valence-electron chi connectivity index (χ4n) is 2.93. The molecule has 1 saturated heterocycles. The molecule has 25 heavy (non-hydrogen) atoms. The topological polar surface area (TPSA) is 43.8 Å². The number of hydrazone groups is 1. The highest BCUT2D eigenvalue weighted by atomic mass is 19.1. The summed E-state index contributed by atoms with van der Waals surface area (Å²) in [5.41, 5.74) is 5.04. The van der Waals surface area contributed by atoms with Crippen molar-refractivity contribution in [3.05, 3.63) is 54.0 Å². The van der Waals surface area contributed by atoms with Crippen molar-refractivity contribution < 1.29 is 4.39 Å². The van der Waals surface area contributed by atoms with Gasteiger partial charge in [0.1, 0.15) is 11.6 Å². The van der Waals surface area contributed by atoms with Crippen molar-refractivity contribution >= 4 is 17.2 Å². The average molecular weight is 341 g/mol. The molecule has 0 atom stereocenters. The van der Waals surface area contributed by atoms with Gasteiger partial charge < -0.3 is 9.80 Å². The summed E-state index contributed by atoms with van der Waals surface area (Å²) >= 11 is 0. The lowest BCUT2D eigenvalue weighted by atomic mass is 10.1. The van der Waals surface area contributed by atoms with E-state index in [1.165, 1.54) is 0 Å². The van der Waals surface area contributed by atoms with Crippen molar-refractivity contribution in [2.24, 2.45) is 5.10 Å². The highest BCUT2D eigenvalue weighted by Gasteiger charge is 2.18. The van der Waals surface area contributed by atoms with Gasteiger partial charge in [0.15, 0.2) is 0 Å². The molecule has 1 aliphatic heterocycles. The Balaban J connectivity index is 1.69. The number of likely N-dealkylation sites (N-methyl/N-ethyl adjacent to an activating group) is 1. The van der Waals surface area contributed by atoms with E-state index in [4.69, 9.17) is 0 Å². The standard InChI is InChI=1S/C19H24FN5/c1-3-24-10-12-25(13-11-24)18-8-7-16(14-17(18)20)15(2)22-23-19-6-4-5-9-21-19/h4-9,14H,3,10-13H2,1-2H3,(H,21,23)/b22-15-. The van der Waals surface area contributed by atoms with E-state index in [0.717, 1.165) is 38.3 Å². The largest absolute Gasteiger partial charge is 0.367 e. The molecule has 0 saturated carbocycles. The molecule has 0 spiro atoms. The van der Waals surface area contributed by atoms with E-state index in [1.54, 1.807) is 12.3 Å². The molecular formula is C19H24FN5. The Bertz CT molecular complexity index is 724. The van der Waals surface area contributed by atoms with Crippen molar-refractivity contribution in [3.63, 3.8) is 0 Å². The molecule has 0 amide bonds. The quantitative estimate of drug-likeness (QED) is 0.670. The molecule has 132 valence electrons. The van der Waals surface area contributed by atoms with Crippen molar-refractivity contribution in [2.75, 3.05) is 43.0 Å². The van der Waals surface area contributed by atoms with Crippen LogP contribution in [0, 0.1) is 5.82 Å². The summed E-state index contributed by atoms with van der Waals surface area (Å²) in [6.07, 6.45) is 1.69. The van der Waals surface area contributed by atoms with Gasteiger partial charge in [-0.25, -0.2) is 9.37 Å². The van der Waals surface area contributed by atoms with E-state index >= 15 is 0 Å². The first kappa shape index (κ1) is 17.4. The third-order valence-electron chi connectivity index (χ3n) is 4.53. The number of halogens is 1. The van der Waals surface area contributed by atoms with Gasteiger partial charge in [-0.3, -0.25) is 5.43 Å². The first-order valence-electron chi connectivity index (χ1n) is 8.66. The summed E-state index contributed by atoms with van der Waals surface area (Å²) in [7, 11) is 0. The van der Waals surface area contributed by atoms with Crippen LogP contribution >= 0.6 is 0 Å². The Labute approximate surface area is 148 Å². The minimum absolute atomic E-state index is 0.199. The zero-order valence-electron chi connectivity index (χ0n) is 14.7. The minimum atomic E-state index is -0.199. The second kappa shape index (κ2) is 8.07.